The Morgan fingerprint density at radius 1 is 0.812 bits per heavy atom. The van der Waals surface area contributed by atoms with Crippen molar-refractivity contribution in [1.82, 2.24) is 5.32 Å². The Morgan fingerprint density at radius 2 is 1.28 bits per heavy atom. The second-order valence-electron chi connectivity index (χ2n) is 10.9. The molecule has 2 aromatic carbocycles. The first-order valence-corrected chi connectivity index (χ1v) is 13.7. The van der Waals surface area contributed by atoms with Crippen LogP contribution >= 0.6 is 0 Å². The Labute approximate surface area is 194 Å². The van der Waals surface area contributed by atoms with Gasteiger partial charge < -0.3 is 14.5 Å². The molecular formula is C27H39NO3Si. The second-order valence-corrected chi connectivity index (χ2v) is 15.2. The monoisotopic (exact) mass is 453 g/mol. The van der Waals surface area contributed by atoms with E-state index in [1.165, 1.54) is 10.4 Å². The number of hydrogen-bond donors (Lipinski definition) is 1. The smallest absolute Gasteiger partial charge is 0.407 e. The van der Waals surface area contributed by atoms with Gasteiger partial charge in [-0.15, -0.1) is 0 Å². The number of ether oxygens (including phenoxy) is 1. The highest BCUT2D eigenvalue weighted by Crippen LogP contribution is 2.39. The summed E-state index contributed by atoms with van der Waals surface area (Å²) in [5.74, 6) is 0. The SMILES string of the molecule is CC(C)(C)OC(=O)N[C@H]1CC[C@@H](O[Si](c2ccccc2)(c2ccccc2)C(C)(C)C)CC1. The summed E-state index contributed by atoms with van der Waals surface area (Å²) in [6.45, 7) is 12.6. The molecule has 0 unspecified atom stereocenters. The third kappa shape index (κ3) is 5.81. The highest BCUT2D eigenvalue weighted by atomic mass is 28.4. The number of carbonyl (C=O) groups is 1. The molecule has 0 saturated heterocycles. The van der Waals surface area contributed by atoms with Gasteiger partial charge in [0, 0.05) is 12.1 Å². The number of hydrogen-bond acceptors (Lipinski definition) is 3. The van der Waals surface area contributed by atoms with Gasteiger partial charge in [0.15, 0.2) is 0 Å². The van der Waals surface area contributed by atoms with E-state index >= 15 is 0 Å². The van der Waals surface area contributed by atoms with Gasteiger partial charge in [0.2, 0.25) is 0 Å². The maximum absolute atomic E-state index is 12.2. The summed E-state index contributed by atoms with van der Waals surface area (Å²) < 4.78 is 12.7. The summed E-state index contributed by atoms with van der Waals surface area (Å²) in [6, 6.07) is 21.7. The first-order valence-electron chi connectivity index (χ1n) is 11.8. The second kappa shape index (κ2) is 9.80. The van der Waals surface area contributed by atoms with E-state index in [1.807, 2.05) is 20.8 Å². The maximum Gasteiger partial charge on any atom is 0.407 e. The van der Waals surface area contributed by atoms with Gasteiger partial charge >= 0.3 is 6.09 Å². The van der Waals surface area contributed by atoms with Crippen molar-refractivity contribution in [3.8, 4) is 0 Å². The summed E-state index contributed by atoms with van der Waals surface area (Å²) in [6.07, 6.45) is 3.53. The van der Waals surface area contributed by atoms with Crippen LogP contribution in [0.1, 0.15) is 67.2 Å². The van der Waals surface area contributed by atoms with Gasteiger partial charge in [-0.3, -0.25) is 0 Å². The van der Waals surface area contributed by atoms with E-state index in [2.05, 4.69) is 86.8 Å². The molecular weight excluding hydrogens is 414 g/mol. The largest absolute Gasteiger partial charge is 0.444 e. The molecule has 1 N–H and O–H groups in total. The molecule has 1 fully saturated rings. The molecule has 0 aromatic heterocycles. The van der Waals surface area contributed by atoms with E-state index in [4.69, 9.17) is 9.16 Å². The third-order valence-electron chi connectivity index (χ3n) is 6.16. The van der Waals surface area contributed by atoms with E-state index in [1.54, 1.807) is 0 Å². The number of nitrogens with one attached hydrogen (secondary N) is 1. The van der Waals surface area contributed by atoms with Crippen molar-refractivity contribution in [2.24, 2.45) is 0 Å². The van der Waals surface area contributed by atoms with Gasteiger partial charge in [-0.2, -0.15) is 0 Å². The van der Waals surface area contributed by atoms with Crippen LogP contribution in [0.4, 0.5) is 4.79 Å². The third-order valence-corrected chi connectivity index (χ3v) is 11.2. The summed E-state index contributed by atoms with van der Waals surface area (Å²) in [7, 11) is -2.53. The fourth-order valence-corrected chi connectivity index (χ4v) is 9.49. The number of rotatable bonds is 5. The predicted molar refractivity (Wildman–Crippen MR) is 134 cm³/mol. The molecule has 0 aliphatic heterocycles. The van der Waals surface area contributed by atoms with Crippen molar-refractivity contribution >= 4 is 24.8 Å². The van der Waals surface area contributed by atoms with Crippen LogP contribution in [0, 0.1) is 0 Å². The van der Waals surface area contributed by atoms with Crippen LogP contribution in [-0.2, 0) is 9.16 Å². The van der Waals surface area contributed by atoms with E-state index in [9.17, 15) is 4.79 Å². The highest BCUT2D eigenvalue weighted by molar-refractivity contribution is 6.99. The fraction of sp³-hybridized carbons (Fsp3) is 0.519. The molecule has 1 aliphatic carbocycles. The van der Waals surface area contributed by atoms with Crippen LogP contribution in [0.3, 0.4) is 0 Å². The molecule has 32 heavy (non-hydrogen) atoms. The Bertz CT molecular complexity index is 824. The van der Waals surface area contributed by atoms with Gasteiger partial charge in [0.1, 0.15) is 5.60 Å². The molecule has 1 aliphatic rings. The Balaban J connectivity index is 1.80. The van der Waals surface area contributed by atoms with Crippen molar-refractivity contribution in [2.45, 2.75) is 90.0 Å². The van der Waals surface area contributed by atoms with Gasteiger partial charge in [-0.05, 0) is 61.9 Å². The van der Waals surface area contributed by atoms with Crippen molar-refractivity contribution in [3.63, 3.8) is 0 Å². The van der Waals surface area contributed by atoms with E-state index in [0.717, 1.165) is 25.7 Å². The molecule has 0 heterocycles. The molecule has 5 heteroatoms. The number of alkyl carbamates (subject to hydrolysis) is 1. The van der Waals surface area contributed by atoms with E-state index in [0.29, 0.717) is 0 Å². The molecule has 0 radical (unpaired) electrons. The highest BCUT2D eigenvalue weighted by Gasteiger charge is 2.51. The quantitative estimate of drug-likeness (QED) is 0.617. The molecule has 0 atom stereocenters. The van der Waals surface area contributed by atoms with Crippen LogP contribution in [0.2, 0.25) is 5.04 Å². The van der Waals surface area contributed by atoms with Crippen LogP contribution in [-0.4, -0.2) is 32.2 Å². The normalized spacial score (nSPS) is 19.9. The minimum atomic E-state index is -2.53. The number of amides is 1. The number of benzene rings is 2. The van der Waals surface area contributed by atoms with Crippen molar-refractivity contribution < 1.29 is 14.0 Å². The topological polar surface area (TPSA) is 47.6 Å². The number of carbonyl (C=O) groups excluding carboxylic acids is 1. The molecule has 1 saturated carbocycles. The maximum atomic E-state index is 12.2. The van der Waals surface area contributed by atoms with Crippen LogP contribution in [0.15, 0.2) is 60.7 Å². The first-order chi connectivity index (χ1) is 15.0. The van der Waals surface area contributed by atoms with Crippen molar-refractivity contribution in [2.75, 3.05) is 0 Å². The lowest BCUT2D eigenvalue weighted by Gasteiger charge is -2.46. The van der Waals surface area contributed by atoms with E-state index in [-0.39, 0.29) is 23.3 Å². The molecule has 174 valence electrons. The average Bonchev–Trinajstić information content (AvgIpc) is 2.72. The first kappa shape index (κ1) is 24.5. The summed E-state index contributed by atoms with van der Waals surface area (Å²) in [5.41, 5.74) is -0.478. The van der Waals surface area contributed by atoms with Crippen molar-refractivity contribution in [1.29, 1.82) is 0 Å². The average molecular weight is 454 g/mol. The minimum absolute atomic E-state index is 0.0265. The lowest BCUT2D eigenvalue weighted by Crippen LogP contribution is -2.68. The standard InChI is InChI=1S/C27H39NO3Si/c1-26(2,3)30-25(29)28-21-17-19-22(20-18-21)31-32(27(4,5)6,23-13-9-7-10-14-23)24-15-11-8-12-16-24/h7-16,21-22H,17-20H2,1-6H3,(H,28,29)/t21-,22+. The molecule has 1 amide bonds. The fourth-order valence-electron chi connectivity index (χ4n) is 4.74. The zero-order valence-corrected chi connectivity index (χ0v) is 21.5. The molecule has 4 nitrogen and oxygen atoms in total. The summed E-state index contributed by atoms with van der Waals surface area (Å²) in [4.78, 5) is 12.2. The molecule has 3 rings (SSSR count). The summed E-state index contributed by atoms with van der Waals surface area (Å²) >= 11 is 0. The van der Waals surface area contributed by atoms with Crippen LogP contribution in [0.25, 0.3) is 0 Å². The zero-order valence-electron chi connectivity index (χ0n) is 20.5. The Kier molecular flexibility index (Phi) is 7.51. The van der Waals surface area contributed by atoms with Gasteiger partial charge in [-0.25, -0.2) is 4.79 Å². The van der Waals surface area contributed by atoms with Crippen LogP contribution in [0.5, 0.6) is 0 Å². The van der Waals surface area contributed by atoms with Crippen molar-refractivity contribution in [3.05, 3.63) is 60.7 Å². The molecule has 0 bridgehead atoms. The Morgan fingerprint density at radius 3 is 1.69 bits per heavy atom. The lowest BCUT2D eigenvalue weighted by molar-refractivity contribution is 0.0467. The molecule has 0 spiro atoms. The molecule has 2 aromatic rings. The van der Waals surface area contributed by atoms with Gasteiger partial charge in [0.25, 0.3) is 8.32 Å². The Hall–Kier alpha value is -2.11. The van der Waals surface area contributed by atoms with Gasteiger partial charge in [0.05, 0.1) is 0 Å². The predicted octanol–water partition coefficient (Wildman–Crippen LogP) is 5.40. The van der Waals surface area contributed by atoms with Crippen LogP contribution < -0.4 is 15.7 Å². The van der Waals surface area contributed by atoms with E-state index < -0.39 is 13.9 Å². The zero-order chi connectivity index (χ0) is 23.4. The lowest BCUT2D eigenvalue weighted by atomic mass is 9.93. The minimum Gasteiger partial charge on any atom is -0.444 e. The summed E-state index contributed by atoms with van der Waals surface area (Å²) in [5, 5.41) is 5.65. The van der Waals surface area contributed by atoms with Gasteiger partial charge in [-0.1, -0.05) is 81.4 Å².